The van der Waals surface area contributed by atoms with E-state index < -0.39 is 17.4 Å². The van der Waals surface area contributed by atoms with Crippen LogP contribution < -0.4 is 0 Å². The molecule has 1 N–H and O–H groups in total. The second kappa shape index (κ2) is 4.42. The molecule has 1 aromatic carbocycles. The molecule has 0 saturated heterocycles. The van der Waals surface area contributed by atoms with E-state index in [2.05, 4.69) is 4.89 Å². The molecule has 0 aliphatic heterocycles. The molecule has 0 spiro atoms. The summed E-state index contributed by atoms with van der Waals surface area (Å²) in [5.41, 5.74) is 0.791. The van der Waals surface area contributed by atoms with Crippen LogP contribution in [0.1, 0.15) is 11.1 Å². The number of carbonyl (C=O) groups is 1. The van der Waals surface area contributed by atoms with E-state index >= 15 is 0 Å². The van der Waals surface area contributed by atoms with E-state index in [4.69, 9.17) is 19.5 Å². The van der Waals surface area contributed by atoms with Gasteiger partial charge >= 0.3 is 0 Å². The summed E-state index contributed by atoms with van der Waals surface area (Å²) in [5.74, 6) is -4.25. The predicted molar refractivity (Wildman–Crippen MR) is 59.5 cm³/mol. The second-order valence-electron chi connectivity index (χ2n) is 3.81. The van der Waals surface area contributed by atoms with E-state index in [0.717, 1.165) is 0 Å². The van der Waals surface area contributed by atoms with Crippen LogP contribution in [0.25, 0.3) is 0 Å². The summed E-state index contributed by atoms with van der Waals surface area (Å²) in [5, 5.41) is 9.10. The number of hydrogen-bond acceptors (Lipinski definition) is 6. The van der Waals surface area contributed by atoms with Crippen LogP contribution in [0.4, 0.5) is 0 Å². The lowest BCUT2D eigenvalue weighted by Gasteiger charge is -2.27. The molecule has 1 aliphatic carbocycles. The molecule has 1 aromatic rings. The lowest BCUT2D eigenvalue weighted by molar-refractivity contribution is -0.390. The van der Waals surface area contributed by atoms with Crippen LogP contribution in [-0.4, -0.2) is 32.4 Å². The molecule has 18 heavy (non-hydrogen) atoms. The fraction of sp³-hybridized carbons (Fsp3) is 0.417. The molecular weight excluding hydrogens is 240 g/mol. The number of methoxy groups -OCH3 is 3. The van der Waals surface area contributed by atoms with Gasteiger partial charge in [0.15, 0.2) is 0 Å². The minimum Gasteiger partial charge on any atom is -0.343 e. The number of hydrogen-bond donors (Lipinski definition) is 1. The standard InChI is InChI=1S/C12H14O6/c1-15-11(16-2)8-6-4-5-7-9(8)12(17-3,18-14)10(11)13/h4-7,14H,1-3H3. The Balaban J connectivity index is 2.75. The van der Waals surface area contributed by atoms with Crippen LogP contribution >= 0.6 is 0 Å². The summed E-state index contributed by atoms with van der Waals surface area (Å²) >= 11 is 0. The van der Waals surface area contributed by atoms with Crippen molar-refractivity contribution in [3.63, 3.8) is 0 Å². The zero-order chi connectivity index (χ0) is 13.4. The van der Waals surface area contributed by atoms with Crippen LogP contribution in [0, 0.1) is 0 Å². The Labute approximate surface area is 104 Å². The maximum atomic E-state index is 12.5. The van der Waals surface area contributed by atoms with E-state index in [-0.39, 0.29) is 0 Å². The van der Waals surface area contributed by atoms with Gasteiger partial charge < -0.3 is 14.2 Å². The quantitative estimate of drug-likeness (QED) is 0.491. The lowest BCUT2D eigenvalue weighted by atomic mass is 10.1. The number of fused-ring (bicyclic) bond motifs is 1. The van der Waals surface area contributed by atoms with Gasteiger partial charge in [-0.15, -0.1) is 0 Å². The minimum atomic E-state index is -1.93. The topological polar surface area (TPSA) is 74.2 Å². The maximum absolute atomic E-state index is 12.5. The Morgan fingerprint density at radius 2 is 1.39 bits per heavy atom. The Morgan fingerprint density at radius 1 is 0.944 bits per heavy atom. The summed E-state index contributed by atoms with van der Waals surface area (Å²) in [6, 6.07) is 6.68. The highest BCUT2D eigenvalue weighted by atomic mass is 17.1. The van der Waals surface area contributed by atoms with Crippen molar-refractivity contribution < 1.29 is 29.1 Å². The zero-order valence-electron chi connectivity index (χ0n) is 10.3. The first-order valence-corrected chi connectivity index (χ1v) is 5.26. The molecule has 0 amide bonds. The van der Waals surface area contributed by atoms with Gasteiger partial charge in [-0.05, 0) is 0 Å². The number of Topliss-reactive ketones (excluding diaryl/α,β-unsaturated/α-hetero) is 1. The van der Waals surface area contributed by atoms with Gasteiger partial charge in [0.2, 0.25) is 0 Å². The first kappa shape index (κ1) is 13.1. The highest BCUT2D eigenvalue weighted by Crippen LogP contribution is 2.48. The number of rotatable bonds is 4. The van der Waals surface area contributed by atoms with E-state index in [1.165, 1.54) is 21.3 Å². The van der Waals surface area contributed by atoms with Gasteiger partial charge in [-0.1, -0.05) is 24.3 Å². The lowest BCUT2D eigenvalue weighted by Crippen LogP contribution is -2.46. The third-order valence-electron chi connectivity index (χ3n) is 3.23. The molecule has 1 atom stereocenters. The van der Waals surface area contributed by atoms with Crippen LogP contribution in [0.3, 0.4) is 0 Å². The minimum absolute atomic E-state index is 0.351. The second-order valence-corrected chi connectivity index (χ2v) is 3.81. The Kier molecular flexibility index (Phi) is 3.22. The van der Waals surface area contributed by atoms with Crippen molar-refractivity contribution in [3.8, 4) is 0 Å². The molecule has 2 rings (SSSR count). The normalized spacial score (nSPS) is 25.2. The predicted octanol–water partition coefficient (Wildman–Crippen LogP) is 1.00. The summed E-state index contributed by atoms with van der Waals surface area (Å²) in [4.78, 5) is 16.8. The molecule has 98 valence electrons. The first-order chi connectivity index (χ1) is 8.62. The maximum Gasteiger partial charge on any atom is 0.293 e. The fourth-order valence-corrected chi connectivity index (χ4v) is 2.34. The van der Waals surface area contributed by atoms with Gasteiger partial charge in [0, 0.05) is 32.5 Å². The number of ketones is 1. The van der Waals surface area contributed by atoms with Gasteiger partial charge in [0.05, 0.1) is 0 Å². The average molecular weight is 254 g/mol. The van der Waals surface area contributed by atoms with E-state index in [9.17, 15) is 4.79 Å². The smallest absolute Gasteiger partial charge is 0.293 e. The van der Waals surface area contributed by atoms with Crippen molar-refractivity contribution >= 4 is 5.78 Å². The third-order valence-corrected chi connectivity index (χ3v) is 3.23. The van der Waals surface area contributed by atoms with Gasteiger partial charge in [0.1, 0.15) is 0 Å². The van der Waals surface area contributed by atoms with Crippen molar-refractivity contribution in [2.24, 2.45) is 0 Å². The van der Waals surface area contributed by atoms with Crippen LogP contribution in [0.2, 0.25) is 0 Å². The van der Waals surface area contributed by atoms with Gasteiger partial charge in [-0.2, -0.15) is 4.89 Å². The van der Waals surface area contributed by atoms with Crippen molar-refractivity contribution in [2.75, 3.05) is 21.3 Å². The fourth-order valence-electron chi connectivity index (χ4n) is 2.34. The molecular formula is C12H14O6. The number of carbonyl (C=O) groups excluding carboxylic acids is 1. The van der Waals surface area contributed by atoms with E-state index in [1.54, 1.807) is 24.3 Å². The molecule has 1 aliphatic rings. The van der Waals surface area contributed by atoms with Crippen LogP contribution in [-0.2, 0) is 35.5 Å². The molecule has 0 aromatic heterocycles. The van der Waals surface area contributed by atoms with Crippen molar-refractivity contribution in [3.05, 3.63) is 35.4 Å². The van der Waals surface area contributed by atoms with Gasteiger partial charge in [-0.25, -0.2) is 5.26 Å². The van der Waals surface area contributed by atoms with Gasteiger partial charge in [0.25, 0.3) is 17.4 Å². The SMILES string of the molecule is COC1(OC)C(=O)C(OC)(OO)c2ccccc21. The molecule has 0 bridgehead atoms. The van der Waals surface area contributed by atoms with Crippen molar-refractivity contribution in [1.82, 2.24) is 0 Å². The van der Waals surface area contributed by atoms with E-state index in [0.29, 0.717) is 11.1 Å². The molecule has 6 nitrogen and oxygen atoms in total. The summed E-state index contributed by atoms with van der Waals surface area (Å²) in [6.45, 7) is 0. The van der Waals surface area contributed by atoms with E-state index in [1.807, 2.05) is 0 Å². The first-order valence-electron chi connectivity index (χ1n) is 5.26. The molecule has 6 heteroatoms. The van der Waals surface area contributed by atoms with Crippen molar-refractivity contribution in [1.29, 1.82) is 0 Å². The highest BCUT2D eigenvalue weighted by molar-refractivity contribution is 5.99. The monoisotopic (exact) mass is 254 g/mol. The molecule has 0 heterocycles. The molecule has 0 fully saturated rings. The average Bonchev–Trinajstić information content (AvgIpc) is 2.65. The Morgan fingerprint density at radius 3 is 1.78 bits per heavy atom. The van der Waals surface area contributed by atoms with Crippen molar-refractivity contribution in [2.45, 2.75) is 11.6 Å². The number of benzene rings is 1. The highest BCUT2D eigenvalue weighted by Gasteiger charge is 2.64. The van der Waals surface area contributed by atoms with Crippen LogP contribution in [0.15, 0.2) is 24.3 Å². The Hall–Kier alpha value is -1.31. The summed E-state index contributed by atoms with van der Waals surface area (Å²) in [6.07, 6.45) is 0. The third kappa shape index (κ3) is 1.32. The van der Waals surface area contributed by atoms with Gasteiger partial charge in [-0.3, -0.25) is 4.79 Å². The molecule has 1 unspecified atom stereocenters. The summed E-state index contributed by atoms with van der Waals surface area (Å²) in [7, 11) is 3.93. The summed E-state index contributed by atoms with van der Waals surface area (Å²) < 4.78 is 15.5. The molecule has 0 radical (unpaired) electrons. The zero-order valence-corrected chi connectivity index (χ0v) is 10.3. The number of ether oxygens (including phenoxy) is 3. The largest absolute Gasteiger partial charge is 0.343 e. The van der Waals surface area contributed by atoms with Crippen LogP contribution in [0.5, 0.6) is 0 Å². The Bertz CT molecular complexity index is 420. The molecule has 0 saturated carbocycles.